The standard InChI is InChI=1S/C14H21NO4/c1-10-4-5-13(19-3)12(8-10)14(17)15-11(6-7-16)9-18-2/h4-5,8,11,16H,6-7,9H2,1-3H3,(H,15,17). The fourth-order valence-electron chi connectivity index (χ4n) is 1.82. The summed E-state index contributed by atoms with van der Waals surface area (Å²) in [5, 5.41) is 11.8. The quantitative estimate of drug-likeness (QED) is 0.777. The van der Waals surface area contributed by atoms with Gasteiger partial charge in [-0.15, -0.1) is 0 Å². The minimum atomic E-state index is -0.226. The molecule has 1 amide bonds. The minimum Gasteiger partial charge on any atom is -0.496 e. The third-order valence-electron chi connectivity index (χ3n) is 2.78. The Morgan fingerprint density at radius 3 is 2.74 bits per heavy atom. The molecule has 5 heteroatoms. The first kappa shape index (κ1) is 15.5. The Balaban J connectivity index is 2.83. The van der Waals surface area contributed by atoms with Crippen LogP contribution in [0.3, 0.4) is 0 Å². The van der Waals surface area contributed by atoms with Crippen LogP contribution in [0.5, 0.6) is 5.75 Å². The lowest BCUT2D eigenvalue weighted by molar-refractivity contribution is 0.0875. The number of benzene rings is 1. The van der Waals surface area contributed by atoms with Gasteiger partial charge in [0, 0.05) is 13.7 Å². The molecule has 2 N–H and O–H groups in total. The molecule has 1 rings (SSSR count). The molecule has 0 fully saturated rings. The highest BCUT2D eigenvalue weighted by molar-refractivity contribution is 5.97. The second-order valence-electron chi connectivity index (χ2n) is 4.34. The Bertz CT molecular complexity index is 414. The van der Waals surface area contributed by atoms with Crippen LogP contribution in [0.1, 0.15) is 22.3 Å². The van der Waals surface area contributed by atoms with Gasteiger partial charge in [0.05, 0.1) is 25.3 Å². The van der Waals surface area contributed by atoms with E-state index in [0.717, 1.165) is 5.56 Å². The van der Waals surface area contributed by atoms with E-state index in [4.69, 9.17) is 14.6 Å². The maximum Gasteiger partial charge on any atom is 0.255 e. The Morgan fingerprint density at radius 1 is 1.42 bits per heavy atom. The van der Waals surface area contributed by atoms with Crippen LogP contribution in [0.4, 0.5) is 0 Å². The van der Waals surface area contributed by atoms with Crippen LogP contribution in [-0.2, 0) is 4.74 Å². The van der Waals surface area contributed by atoms with Crippen molar-refractivity contribution in [2.75, 3.05) is 27.4 Å². The summed E-state index contributed by atoms with van der Waals surface area (Å²) in [6.07, 6.45) is 0.452. The fourth-order valence-corrected chi connectivity index (χ4v) is 1.82. The van der Waals surface area contributed by atoms with Gasteiger partial charge in [-0.2, -0.15) is 0 Å². The average Bonchev–Trinajstić information content (AvgIpc) is 2.39. The van der Waals surface area contributed by atoms with Gasteiger partial charge in [-0.1, -0.05) is 11.6 Å². The van der Waals surface area contributed by atoms with Crippen molar-refractivity contribution >= 4 is 5.91 Å². The Kier molecular flexibility index (Phi) is 6.32. The molecule has 0 saturated carbocycles. The monoisotopic (exact) mass is 267 g/mol. The lowest BCUT2D eigenvalue weighted by atomic mass is 10.1. The van der Waals surface area contributed by atoms with Crippen LogP contribution in [0.15, 0.2) is 18.2 Å². The summed E-state index contributed by atoms with van der Waals surface area (Å²) in [6.45, 7) is 2.27. The number of hydrogen-bond acceptors (Lipinski definition) is 4. The number of carbonyl (C=O) groups excluding carboxylic acids is 1. The highest BCUT2D eigenvalue weighted by atomic mass is 16.5. The van der Waals surface area contributed by atoms with Crippen LogP contribution in [0.25, 0.3) is 0 Å². The van der Waals surface area contributed by atoms with Gasteiger partial charge >= 0.3 is 0 Å². The highest BCUT2D eigenvalue weighted by Gasteiger charge is 2.16. The van der Waals surface area contributed by atoms with E-state index in [1.165, 1.54) is 7.11 Å². The normalized spacial score (nSPS) is 12.0. The Morgan fingerprint density at radius 2 is 2.16 bits per heavy atom. The summed E-state index contributed by atoms with van der Waals surface area (Å²) in [6, 6.07) is 5.21. The van der Waals surface area contributed by atoms with Gasteiger partial charge in [0.25, 0.3) is 5.91 Å². The van der Waals surface area contributed by atoms with Crippen LogP contribution < -0.4 is 10.1 Å². The molecule has 0 bridgehead atoms. The zero-order chi connectivity index (χ0) is 14.3. The Labute approximate surface area is 113 Å². The number of ether oxygens (including phenoxy) is 2. The predicted molar refractivity (Wildman–Crippen MR) is 72.6 cm³/mol. The van der Waals surface area contributed by atoms with E-state index in [1.807, 2.05) is 13.0 Å². The smallest absolute Gasteiger partial charge is 0.255 e. The number of carbonyl (C=O) groups is 1. The minimum absolute atomic E-state index is 0.000735. The number of rotatable bonds is 7. The van der Waals surface area contributed by atoms with Gasteiger partial charge < -0.3 is 19.9 Å². The zero-order valence-corrected chi connectivity index (χ0v) is 11.6. The van der Waals surface area contributed by atoms with Gasteiger partial charge in [0.2, 0.25) is 0 Å². The summed E-state index contributed by atoms with van der Waals surface area (Å²) < 4.78 is 10.2. The largest absolute Gasteiger partial charge is 0.496 e. The molecule has 1 unspecified atom stereocenters. The molecule has 0 radical (unpaired) electrons. The lowest BCUT2D eigenvalue weighted by Gasteiger charge is -2.18. The van der Waals surface area contributed by atoms with Crippen molar-refractivity contribution in [3.63, 3.8) is 0 Å². The molecule has 0 saturated heterocycles. The highest BCUT2D eigenvalue weighted by Crippen LogP contribution is 2.19. The van der Waals surface area contributed by atoms with Crippen LogP contribution in [0.2, 0.25) is 0 Å². The lowest BCUT2D eigenvalue weighted by Crippen LogP contribution is -2.38. The van der Waals surface area contributed by atoms with Crippen LogP contribution >= 0.6 is 0 Å². The van der Waals surface area contributed by atoms with E-state index >= 15 is 0 Å². The van der Waals surface area contributed by atoms with Crippen molar-refractivity contribution in [2.24, 2.45) is 0 Å². The molecule has 1 aromatic rings. The number of methoxy groups -OCH3 is 2. The molecule has 106 valence electrons. The molecular weight excluding hydrogens is 246 g/mol. The molecule has 1 aromatic carbocycles. The third-order valence-corrected chi connectivity index (χ3v) is 2.78. The molecular formula is C14H21NO4. The first-order valence-corrected chi connectivity index (χ1v) is 6.17. The number of aryl methyl sites for hydroxylation is 1. The fraction of sp³-hybridized carbons (Fsp3) is 0.500. The second kappa shape index (κ2) is 7.76. The number of aliphatic hydroxyl groups is 1. The molecule has 0 aliphatic rings. The summed E-state index contributed by atoms with van der Waals surface area (Å²) in [4.78, 5) is 12.2. The molecule has 5 nitrogen and oxygen atoms in total. The first-order chi connectivity index (χ1) is 9.12. The van der Waals surface area contributed by atoms with Gasteiger partial charge in [-0.3, -0.25) is 4.79 Å². The van der Waals surface area contributed by atoms with Crippen molar-refractivity contribution in [3.05, 3.63) is 29.3 Å². The average molecular weight is 267 g/mol. The maximum atomic E-state index is 12.2. The van der Waals surface area contributed by atoms with Gasteiger partial charge in [0.15, 0.2) is 0 Å². The van der Waals surface area contributed by atoms with Gasteiger partial charge in [-0.05, 0) is 25.5 Å². The SMILES string of the molecule is COCC(CCO)NC(=O)c1cc(C)ccc1OC. The van der Waals surface area contributed by atoms with Gasteiger partial charge in [-0.25, -0.2) is 0 Å². The number of amides is 1. The molecule has 0 spiro atoms. The van der Waals surface area contributed by atoms with Crippen LogP contribution in [0, 0.1) is 6.92 Å². The number of hydrogen-bond donors (Lipinski definition) is 2. The van der Waals surface area contributed by atoms with Crippen molar-refractivity contribution in [1.29, 1.82) is 0 Å². The molecule has 1 atom stereocenters. The molecule has 0 aromatic heterocycles. The van der Waals surface area contributed by atoms with Crippen molar-refractivity contribution < 1.29 is 19.4 Å². The molecule has 0 aliphatic heterocycles. The van der Waals surface area contributed by atoms with E-state index in [1.54, 1.807) is 19.2 Å². The molecule has 0 heterocycles. The Hall–Kier alpha value is -1.59. The van der Waals surface area contributed by atoms with E-state index in [9.17, 15) is 4.79 Å². The predicted octanol–water partition coefficient (Wildman–Crippen LogP) is 1.13. The first-order valence-electron chi connectivity index (χ1n) is 6.17. The van der Waals surface area contributed by atoms with E-state index < -0.39 is 0 Å². The van der Waals surface area contributed by atoms with E-state index in [0.29, 0.717) is 24.3 Å². The topological polar surface area (TPSA) is 67.8 Å². The molecule has 19 heavy (non-hydrogen) atoms. The summed E-state index contributed by atoms with van der Waals surface area (Å²) in [5.74, 6) is 0.305. The van der Waals surface area contributed by atoms with Crippen LogP contribution in [-0.4, -0.2) is 44.5 Å². The second-order valence-corrected chi connectivity index (χ2v) is 4.34. The molecule has 0 aliphatic carbocycles. The van der Waals surface area contributed by atoms with Gasteiger partial charge in [0.1, 0.15) is 5.75 Å². The third kappa shape index (κ3) is 4.54. The number of aliphatic hydroxyl groups excluding tert-OH is 1. The maximum absolute atomic E-state index is 12.2. The zero-order valence-electron chi connectivity index (χ0n) is 11.6. The summed E-state index contributed by atoms with van der Waals surface area (Å²) in [5.41, 5.74) is 1.47. The van der Waals surface area contributed by atoms with Crippen molar-refractivity contribution in [2.45, 2.75) is 19.4 Å². The number of nitrogens with one attached hydrogen (secondary N) is 1. The van der Waals surface area contributed by atoms with Crippen molar-refractivity contribution in [1.82, 2.24) is 5.32 Å². The van der Waals surface area contributed by atoms with Crippen molar-refractivity contribution in [3.8, 4) is 5.75 Å². The van der Waals surface area contributed by atoms with E-state index in [-0.39, 0.29) is 18.6 Å². The van der Waals surface area contributed by atoms with E-state index in [2.05, 4.69) is 5.32 Å². The summed E-state index contributed by atoms with van der Waals surface area (Å²) in [7, 11) is 3.09. The summed E-state index contributed by atoms with van der Waals surface area (Å²) >= 11 is 0.